The Hall–Kier alpha value is -0.640. The van der Waals surface area contributed by atoms with Gasteiger partial charge in [-0.2, -0.15) is 0 Å². The molecule has 3 aliphatic carbocycles. The van der Waals surface area contributed by atoms with Crippen LogP contribution in [0.25, 0.3) is 0 Å². The predicted molar refractivity (Wildman–Crippen MR) is 91.7 cm³/mol. The summed E-state index contributed by atoms with van der Waals surface area (Å²) in [5, 5.41) is 30.1. The van der Waals surface area contributed by atoms with Gasteiger partial charge in [0, 0.05) is 13.2 Å². The lowest BCUT2D eigenvalue weighted by atomic mass is 9.49. The molecule has 0 aliphatic heterocycles. The van der Waals surface area contributed by atoms with Crippen molar-refractivity contribution in [1.82, 2.24) is 0 Å². The first kappa shape index (κ1) is 17.2. The molecule has 0 bridgehead atoms. The summed E-state index contributed by atoms with van der Waals surface area (Å²) in [6.45, 7) is 9.13. The summed E-state index contributed by atoms with van der Waals surface area (Å²) in [7, 11) is 0. The van der Waals surface area contributed by atoms with Crippen LogP contribution in [0.15, 0.2) is 24.3 Å². The van der Waals surface area contributed by atoms with Crippen LogP contribution in [0.2, 0.25) is 0 Å². The van der Waals surface area contributed by atoms with Crippen molar-refractivity contribution < 1.29 is 15.3 Å². The summed E-state index contributed by atoms with van der Waals surface area (Å²) in [4.78, 5) is 0. The fourth-order valence-electron chi connectivity index (χ4n) is 5.93. The van der Waals surface area contributed by atoms with E-state index in [2.05, 4.69) is 32.6 Å². The minimum atomic E-state index is -0.284. The number of rotatable bonds is 3. The zero-order valence-corrected chi connectivity index (χ0v) is 14.5. The lowest BCUT2D eigenvalue weighted by molar-refractivity contribution is -0.0984. The molecule has 0 aromatic rings. The molecule has 3 N–H and O–H groups in total. The Morgan fingerprint density at radius 2 is 1.91 bits per heavy atom. The van der Waals surface area contributed by atoms with E-state index in [9.17, 15) is 15.3 Å². The zero-order valence-electron chi connectivity index (χ0n) is 14.5. The van der Waals surface area contributed by atoms with Crippen LogP contribution in [-0.2, 0) is 0 Å². The molecule has 130 valence electrons. The number of hydrogen-bond acceptors (Lipinski definition) is 3. The van der Waals surface area contributed by atoms with Crippen LogP contribution in [0.3, 0.4) is 0 Å². The van der Waals surface area contributed by atoms with E-state index in [-0.39, 0.29) is 42.0 Å². The van der Waals surface area contributed by atoms with Crippen molar-refractivity contribution in [2.24, 2.45) is 34.5 Å². The molecule has 23 heavy (non-hydrogen) atoms. The molecule has 0 unspecified atom stereocenters. The van der Waals surface area contributed by atoms with Crippen molar-refractivity contribution in [3.63, 3.8) is 0 Å². The summed E-state index contributed by atoms with van der Waals surface area (Å²) < 4.78 is 0. The Labute approximate surface area is 140 Å². The van der Waals surface area contributed by atoms with Crippen LogP contribution in [-0.4, -0.2) is 34.6 Å². The Bertz CT molecular complexity index is 499. The second-order valence-electron chi connectivity index (χ2n) is 8.63. The van der Waals surface area contributed by atoms with Crippen LogP contribution in [0.1, 0.15) is 46.0 Å². The number of hydrogen-bond donors (Lipinski definition) is 3. The Kier molecular flexibility index (Phi) is 4.50. The van der Waals surface area contributed by atoms with E-state index >= 15 is 0 Å². The molecule has 2 fully saturated rings. The second kappa shape index (κ2) is 6.02. The molecule has 3 nitrogen and oxygen atoms in total. The van der Waals surface area contributed by atoms with Gasteiger partial charge in [-0.1, -0.05) is 32.6 Å². The van der Waals surface area contributed by atoms with Crippen molar-refractivity contribution in [2.75, 3.05) is 13.2 Å². The highest BCUT2D eigenvalue weighted by atomic mass is 16.3. The lowest BCUT2D eigenvalue weighted by Crippen LogP contribution is -2.52. The highest BCUT2D eigenvalue weighted by Gasteiger charge is 2.55. The van der Waals surface area contributed by atoms with Crippen molar-refractivity contribution >= 4 is 0 Å². The third-order valence-electron chi connectivity index (χ3n) is 7.71. The average Bonchev–Trinajstić information content (AvgIpc) is 2.84. The number of aliphatic hydroxyl groups is 3. The van der Waals surface area contributed by atoms with Crippen LogP contribution >= 0.6 is 0 Å². The van der Waals surface area contributed by atoms with Gasteiger partial charge in [-0.3, -0.25) is 0 Å². The molecule has 0 saturated heterocycles. The van der Waals surface area contributed by atoms with Crippen LogP contribution < -0.4 is 0 Å². The highest BCUT2D eigenvalue weighted by molar-refractivity contribution is 5.35. The van der Waals surface area contributed by atoms with E-state index in [1.807, 2.05) is 0 Å². The van der Waals surface area contributed by atoms with Gasteiger partial charge in [-0.15, -0.1) is 0 Å². The molecule has 0 spiro atoms. The van der Waals surface area contributed by atoms with Crippen molar-refractivity contribution in [2.45, 2.75) is 52.1 Å². The number of aliphatic hydroxyl groups excluding tert-OH is 3. The van der Waals surface area contributed by atoms with E-state index in [4.69, 9.17) is 0 Å². The fourth-order valence-corrected chi connectivity index (χ4v) is 5.93. The Balaban J connectivity index is 1.90. The summed E-state index contributed by atoms with van der Waals surface area (Å²) in [5.74, 6) is 1.09. The molecule has 7 atom stereocenters. The van der Waals surface area contributed by atoms with Gasteiger partial charge >= 0.3 is 0 Å². The maximum atomic E-state index is 10.2. The number of fused-ring (bicyclic) bond motifs is 1. The van der Waals surface area contributed by atoms with Gasteiger partial charge in [0.1, 0.15) is 0 Å². The first-order chi connectivity index (χ1) is 10.9. The molecule has 0 aromatic heterocycles. The average molecular weight is 320 g/mol. The molecule has 2 saturated carbocycles. The van der Waals surface area contributed by atoms with Crippen LogP contribution in [0, 0.1) is 34.5 Å². The van der Waals surface area contributed by atoms with Gasteiger partial charge in [0.2, 0.25) is 0 Å². The third kappa shape index (κ3) is 2.52. The summed E-state index contributed by atoms with van der Waals surface area (Å²) in [6.07, 6.45) is 8.72. The predicted octanol–water partition coefficient (Wildman–Crippen LogP) is 2.91. The van der Waals surface area contributed by atoms with Crippen molar-refractivity contribution in [3.8, 4) is 0 Å². The quantitative estimate of drug-likeness (QED) is 0.749. The van der Waals surface area contributed by atoms with E-state index in [0.29, 0.717) is 18.3 Å². The van der Waals surface area contributed by atoms with Gasteiger partial charge in [0.05, 0.1) is 6.10 Å². The molecule has 0 radical (unpaired) electrons. The van der Waals surface area contributed by atoms with E-state index in [1.54, 1.807) is 0 Å². The van der Waals surface area contributed by atoms with Crippen molar-refractivity contribution in [3.05, 3.63) is 24.3 Å². The Morgan fingerprint density at radius 1 is 1.17 bits per heavy atom. The highest BCUT2D eigenvalue weighted by Crippen LogP contribution is 2.61. The zero-order chi connectivity index (χ0) is 16.8. The van der Waals surface area contributed by atoms with Crippen molar-refractivity contribution in [1.29, 1.82) is 0 Å². The van der Waals surface area contributed by atoms with E-state index in [0.717, 1.165) is 25.7 Å². The van der Waals surface area contributed by atoms with Crippen LogP contribution in [0.5, 0.6) is 0 Å². The van der Waals surface area contributed by atoms with Gasteiger partial charge in [-0.05, 0) is 72.2 Å². The molecular formula is C20H32O3. The topological polar surface area (TPSA) is 60.7 Å². The minimum Gasteiger partial charge on any atom is -0.396 e. The largest absolute Gasteiger partial charge is 0.396 e. The minimum absolute atomic E-state index is 0.000466. The molecule has 3 rings (SSSR count). The maximum Gasteiger partial charge on any atom is 0.0544 e. The first-order valence-corrected chi connectivity index (χ1v) is 9.14. The SMILES string of the molecule is C=C1C=C[C@H]2[C@H](CO)[C@@H]([C@@]3(C)CC[C@H](O)C[C@@H]3CO)CC[C@]12C. The smallest absolute Gasteiger partial charge is 0.0544 e. The Morgan fingerprint density at radius 3 is 2.57 bits per heavy atom. The third-order valence-corrected chi connectivity index (χ3v) is 7.71. The monoisotopic (exact) mass is 320 g/mol. The van der Waals surface area contributed by atoms with Gasteiger partial charge in [0.15, 0.2) is 0 Å². The second-order valence-corrected chi connectivity index (χ2v) is 8.63. The molecular weight excluding hydrogens is 288 g/mol. The lowest BCUT2D eigenvalue weighted by Gasteiger charge is -2.56. The molecule has 0 amide bonds. The normalized spacial score (nSPS) is 50.1. The van der Waals surface area contributed by atoms with Gasteiger partial charge in [-0.25, -0.2) is 0 Å². The van der Waals surface area contributed by atoms with E-state index in [1.165, 1.54) is 5.57 Å². The number of allylic oxidation sites excluding steroid dienone is 3. The molecule has 0 heterocycles. The standard InChI is InChI=1S/C20H32O3/c1-13-4-5-17-16(12-22)18(7-9-19(13,17)2)20(3)8-6-15(23)10-14(20)11-21/h4-5,14-18,21-23H,1,6-12H2,2-3H3/t14-,15+,16+,17+,18+,19-,20+/m1/s1. The van der Waals surface area contributed by atoms with Gasteiger partial charge in [0.25, 0.3) is 0 Å². The maximum absolute atomic E-state index is 10.2. The summed E-state index contributed by atoms with van der Waals surface area (Å²) in [5.41, 5.74) is 1.28. The van der Waals surface area contributed by atoms with Crippen LogP contribution in [0.4, 0.5) is 0 Å². The fraction of sp³-hybridized carbons (Fsp3) is 0.800. The summed E-state index contributed by atoms with van der Waals surface area (Å²) in [6, 6.07) is 0. The van der Waals surface area contributed by atoms with E-state index < -0.39 is 0 Å². The van der Waals surface area contributed by atoms with Gasteiger partial charge < -0.3 is 15.3 Å². The summed E-state index contributed by atoms with van der Waals surface area (Å²) >= 11 is 0. The molecule has 3 heteroatoms. The first-order valence-electron chi connectivity index (χ1n) is 9.14. The molecule has 3 aliphatic rings. The molecule has 0 aromatic carbocycles.